The van der Waals surface area contributed by atoms with Gasteiger partial charge in [-0.25, -0.2) is 0 Å². The zero-order valence-corrected chi connectivity index (χ0v) is 9.18. The molecule has 16 heavy (non-hydrogen) atoms. The third kappa shape index (κ3) is 2.31. The molecule has 2 N–H and O–H groups in total. The van der Waals surface area contributed by atoms with E-state index in [1.54, 1.807) is 6.20 Å². The summed E-state index contributed by atoms with van der Waals surface area (Å²) in [7, 11) is 0. The van der Waals surface area contributed by atoms with E-state index in [0.717, 1.165) is 17.0 Å². The highest BCUT2D eigenvalue weighted by atomic mass is 16.5. The van der Waals surface area contributed by atoms with Crippen LogP contribution in [0.5, 0.6) is 5.75 Å². The largest absolute Gasteiger partial charge is 0.485 e. The van der Waals surface area contributed by atoms with E-state index < -0.39 is 0 Å². The molecule has 0 aliphatic rings. The van der Waals surface area contributed by atoms with Crippen LogP contribution in [0.3, 0.4) is 0 Å². The molecule has 0 atom stereocenters. The first kappa shape index (κ1) is 10.5. The van der Waals surface area contributed by atoms with Crippen LogP contribution >= 0.6 is 0 Å². The minimum Gasteiger partial charge on any atom is -0.485 e. The van der Waals surface area contributed by atoms with Crippen molar-refractivity contribution in [2.45, 2.75) is 13.5 Å². The van der Waals surface area contributed by atoms with Gasteiger partial charge in [0.25, 0.3) is 0 Å². The van der Waals surface area contributed by atoms with Gasteiger partial charge in [0.05, 0.1) is 11.4 Å². The van der Waals surface area contributed by atoms with E-state index in [-0.39, 0.29) is 0 Å². The molecular weight excluding hydrogens is 200 g/mol. The van der Waals surface area contributed by atoms with Crippen LogP contribution in [-0.4, -0.2) is 4.98 Å². The average Bonchev–Trinajstić information content (AvgIpc) is 2.30. The summed E-state index contributed by atoms with van der Waals surface area (Å²) < 4.78 is 5.67. The van der Waals surface area contributed by atoms with Crippen molar-refractivity contribution >= 4 is 5.69 Å². The molecule has 1 heterocycles. The quantitative estimate of drug-likeness (QED) is 0.799. The number of para-hydroxylation sites is 1. The summed E-state index contributed by atoms with van der Waals surface area (Å²) in [4.78, 5) is 4.19. The van der Waals surface area contributed by atoms with Crippen LogP contribution in [0.2, 0.25) is 0 Å². The number of hydrogen-bond donors (Lipinski definition) is 1. The number of hydrogen-bond acceptors (Lipinski definition) is 3. The molecule has 2 rings (SSSR count). The van der Waals surface area contributed by atoms with Crippen LogP contribution < -0.4 is 10.5 Å². The van der Waals surface area contributed by atoms with Gasteiger partial charge in [-0.3, -0.25) is 4.98 Å². The number of benzene rings is 1. The van der Waals surface area contributed by atoms with Crippen LogP contribution in [0, 0.1) is 6.92 Å². The second kappa shape index (κ2) is 4.66. The van der Waals surface area contributed by atoms with Crippen LogP contribution in [0.4, 0.5) is 5.69 Å². The Kier molecular flexibility index (Phi) is 3.05. The van der Waals surface area contributed by atoms with Crippen molar-refractivity contribution in [3.05, 3.63) is 53.9 Å². The van der Waals surface area contributed by atoms with Gasteiger partial charge in [0.15, 0.2) is 0 Å². The molecule has 0 unspecified atom stereocenters. The van der Waals surface area contributed by atoms with Gasteiger partial charge in [-0.2, -0.15) is 0 Å². The first-order chi connectivity index (χ1) is 7.77. The van der Waals surface area contributed by atoms with E-state index in [2.05, 4.69) is 4.98 Å². The number of ether oxygens (including phenoxy) is 1. The monoisotopic (exact) mass is 214 g/mol. The molecule has 0 aliphatic carbocycles. The van der Waals surface area contributed by atoms with E-state index in [9.17, 15) is 0 Å². The van der Waals surface area contributed by atoms with Gasteiger partial charge < -0.3 is 10.5 Å². The van der Waals surface area contributed by atoms with Crippen molar-refractivity contribution in [3.63, 3.8) is 0 Å². The van der Waals surface area contributed by atoms with E-state index in [1.807, 2.05) is 43.3 Å². The topological polar surface area (TPSA) is 48.1 Å². The highest BCUT2D eigenvalue weighted by Gasteiger charge is 2.04. The maximum atomic E-state index is 5.84. The smallest absolute Gasteiger partial charge is 0.145 e. The van der Waals surface area contributed by atoms with E-state index in [1.165, 1.54) is 0 Å². The summed E-state index contributed by atoms with van der Waals surface area (Å²) in [5.41, 5.74) is 8.43. The van der Waals surface area contributed by atoms with Gasteiger partial charge in [-0.15, -0.1) is 0 Å². The van der Waals surface area contributed by atoms with Crippen molar-refractivity contribution in [1.82, 2.24) is 4.98 Å². The Bertz CT molecular complexity index is 448. The van der Waals surface area contributed by atoms with Gasteiger partial charge in [-0.05, 0) is 30.7 Å². The Morgan fingerprint density at radius 1 is 1.19 bits per heavy atom. The SMILES string of the molecule is Cc1cccc(N)c1OCc1ccccn1. The zero-order valence-electron chi connectivity index (χ0n) is 9.18. The molecule has 0 bridgehead atoms. The van der Waals surface area contributed by atoms with Crippen LogP contribution in [-0.2, 0) is 6.61 Å². The molecule has 2 aromatic rings. The molecular formula is C13H14N2O. The number of nitrogens with two attached hydrogens (primary N) is 1. The van der Waals surface area contributed by atoms with Gasteiger partial charge in [-0.1, -0.05) is 18.2 Å². The van der Waals surface area contributed by atoms with Crippen LogP contribution in [0.1, 0.15) is 11.3 Å². The minimum absolute atomic E-state index is 0.440. The lowest BCUT2D eigenvalue weighted by Crippen LogP contribution is -2.01. The first-order valence-electron chi connectivity index (χ1n) is 5.15. The van der Waals surface area contributed by atoms with Gasteiger partial charge >= 0.3 is 0 Å². The summed E-state index contributed by atoms with van der Waals surface area (Å²) in [6, 6.07) is 11.5. The fraction of sp³-hybridized carbons (Fsp3) is 0.154. The summed E-state index contributed by atoms with van der Waals surface area (Å²) in [6.45, 7) is 2.42. The number of pyridine rings is 1. The minimum atomic E-state index is 0.440. The molecule has 0 amide bonds. The number of aryl methyl sites for hydroxylation is 1. The molecule has 82 valence electrons. The molecule has 0 aliphatic heterocycles. The number of nitrogens with zero attached hydrogens (tertiary/aromatic N) is 1. The Morgan fingerprint density at radius 3 is 2.75 bits per heavy atom. The highest BCUT2D eigenvalue weighted by Crippen LogP contribution is 2.25. The predicted molar refractivity (Wildman–Crippen MR) is 64.2 cm³/mol. The Hall–Kier alpha value is -2.03. The number of rotatable bonds is 3. The van der Waals surface area contributed by atoms with Crippen molar-refractivity contribution in [2.75, 3.05) is 5.73 Å². The fourth-order valence-corrected chi connectivity index (χ4v) is 1.50. The van der Waals surface area contributed by atoms with E-state index in [0.29, 0.717) is 12.3 Å². The van der Waals surface area contributed by atoms with Crippen molar-refractivity contribution in [3.8, 4) is 5.75 Å². The Morgan fingerprint density at radius 2 is 2.06 bits per heavy atom. The number of aromatic nitrogens is 1. The van der Waals surface area contributed by atoms with E-state index >= 15 is 0 Å². The second-order valence-corrected chi connectivity index (χ2v) is 3.60. The van der Waals surface area contributed by atoms with Crippen molar-refractivity contribution in [1.29, 1.82) is 0 Å². The average molecular weight is 214 g/mol. The number of anilines is 1. The number of nitrogen functional groups attached to an aromatic ring is 1. The fourth-order valence-electron chi connectivity index (χ4n) is 1.50. The molecule has 0 saturated heterocycles. The molecule has 3 nitrogen and oxygen atoms in total. The molecule has 3 heteroatoms. The molecule has 0 fully saturated rings. The van der Waals surface area contributed by atoms with Gasteiger partial charge in [0.1, 0.15) is 12.4 Å². The molecule has 1 aromatic carbocycles. The predicted octanol–water partition coefficient (Wildman–Crippen LogP) is 2.55. The van der Waals surface area contributed by atoms with Crippen molar-refractivity contribution < 1.29 is 4.74 Å². The third-order valence-electron chi connectivity index (χ3n) is 2.33. The maximum absolute atomic E-state index is 5.84. The van der Waals surface area contributed by atoms with Gasteiger partial charge in [0, 0.05) is 6.20 Å². The van der Waals surface area contributed by atoms with Gasteiger partial charge in [0.2, 0.25) is 0 Å². The Balaban J connectivity index is 2.11. The maximum Gasteiger partial charge on any atom is 0.145 e. The highest BCUT2D eigenvalue weighted by molar-refractivity contribution is 5.56. The Labute approximate surface area is 94.9 Å². The van der Waals surface area contributed by atoms with Crippen molar-refractivity contribution in [2.24, 2.45) is 0 Å². The van der Waals surface area contributed by atoms with E-state index in [4.69, 9.17) is 10.5 Å². The first-order valence-corrected chi connectivity index (χ1v) is 5.15. The standard InChI is InChI=1S/C13H14N2O/c1-10-5-4-7-12(14)13(10)16-9-11-6-2-3-8-15-11/h2-8H,9,14H2,1H3. The third-order valence-corrected chi connectivity index (χ3v) is 2.33. The summed E-state index contributed by atoms with van der Waals surface area (Å²) >= 11 is 0. The van der Waals surface area contributed by atoms with Crippen LogP contribution in [0.25, 0.3) is 0 Å². The summed E-state index contributed by atoms with van der Waals surface area (Å²) in [5, 5.41) is 0. The van der Waals surface area contributed by atoms with Crippen LogP contribution in [0.15, 0.2) is 42.6 Å². The lowest BCUT2D eigenvalue weighted by molar-refractivity contribution is 0.301. The molecule has 1 aromatic heterocycles. The normalized spacial score (nSPS) is 10.1. The lowest BCUT2D eigenvalue weighted by Gasteiger charge is -2.10. The second-order valence-electron chi connectivity index (χ2n) is 3.60. The molecule has 0 radical (unpaired) electrons. The summed E-state index contributed by atoms with van der Waals surface area (Å²) in [5.74, 6) is 0.744. The molecule has 0 saturated carbocycles. The molecule has 0 spiro atoms. The zero-order chi connectivity index (χ0) is 11.4. The summed E-state index contributed by atoms with van der Waals surface area (Å²) in [6.07, 6.45) is 1.75. The lowest BCUT2D eigenvalue weighted by atomic mass is 10.2.